The van der Waals surface area contributed by atoms with Gasteiger partial charge in [-0.2, -0.15) is 0 Å². The first-order valence-corrected chi connectivity index (χ1v) is 7.27. The molecule has 1 aromatic carbocycles. The van der Waals surface area contributed by atoms with Crippen molar-refractivity contribution in [3.05, 3.63) is 22.2 Å². The van der Waals surface area contributed by atoms with Gasteiger partial charge in [-0.15, -0.1) is 6.42 Å². The van der Waals surface area contributed by atoms with E-state index in [4.69, 9.17) is 21.8 Å². The van der Waals surface area contributed by atoms with Gasteiger partial charge in [-0.1, -0.05) is 21.9 Å². The third-order valence-electron chi connectivity index (χ3n) is 1.77. The van der Waals surface area contributed by atoms with E-state index in [1.54, 1.807) is 13.0 Å². The van der Waals surface area contributed by atoms with Gasteiger partial charge in [0.25, 0.3) is 9.05 Å². The summed E-state index contributed by atoms with van der Waals surface area (Å²) in [4.78, 5) is -0.0868. The highest BCUT2D eigenvalue weighted by molar-refractivity contribution is 9.10. The van der Waals surface area contributed by atoms with E-state index in [0.29, 0.717) is 10.0 Å². The quantitative estimate of drug-likeness (QED) is 0.634. The predicted octanol–water partition coefficient (Wildman–Crippen LogP) is 2.70. The molecule has 3 nitrogen and oxygen atoms in total. The zero-order chi connectivity index (χ0) is 12.3. The fourth-order valence-electron chi connectivity index (χ4n) is 1.18. The smallest absolute Gasteiger partial charge is 0.265 e. The van der Waals surface area contributed by atoms with Gasteiger partial charge in [0.1, 0.15) is 17.3 Å². The molecule has 0 spiro atoms. The molecule has 1 rings (SSSR count). The molecule has 0 N–H and O–H groups in total. The Hall–Kier alpha value is -0.700. The van der Waals surface area contributed by atoms with Gasteiger partial charge in [0.15, 0.2) is 0 Å². The van der Waals surface area contributed by atoms with Crippen LogP contribution in [0.5, 0.6) is 5.75 Å². The number of ether oxygens (including phenoxy) is 1. The van der Waals surface area contributed by atoms with Crippen LogP contribution in [0.15, 0.2) is 21.5 Å². The molecule has 0 aliphatic rings. The Morgan fingerprint density at radius 3 is 2.69 bits per heavy atom. The van der Waals surface area contributed by atoms with Crippen molar-refractivity contribution in [2.75, 3.05) is 6.61 Å². The topological polar surface area (TPSA) is 43.4 Å². The van der Waals surface area contributed by atoms with E-state index in [2.05, 4.69) is 21.9 Å². The highest BCUT2D eigenvalue weighted by atomic mass is 79.9. The third-order valence-corrected chi connectivity index (χ3v) is 3.55. The first kappa shape index (κ1) is 13.4. The first-order chi connectivity index (χ1) is 7.36. The average Bonchev–Trinajstić information content (AvgIpc) is 2.14. The number of benzene rings is 1. The lowest BCUT2D eigenvalue weighted by Gasteiger charge is -2.11. The maximum atomic E-state index is 11.3. The second-order valence-electron chi connectivity index (χ2n) is 2.98. The van der Waals surface area contributed by atoms with Crippen LogP contribution in [0.4, 0.5) is 0 Å². The summed E-state index contributed by atoms with van der Waals surface area (Å²) in [7, 11) is 1.45. The van der Waals surface area contributed by atoms with Crippen LogP contribution in [-0.2, 0) is 9.05 Å². The lowest BCUT2D eigenvalue weighted by Crippen LogP contribution is -2.02. The largest absolute Gasteiger partial charge is 0.479 e. The van der Waals surface area contributed by atoms with Crippen molar-refractivity contribution < 1.29 is 13.2 Å². The summed E-state index contributed by atoms with van der Waals surface area (Å²) < 4.78 is 28.5. The molecule has 0 fully saturated rings. The Morgan fingerprint density at radius 2 is 2.19 bits per heavy atom. The highest BCUT2D eigenvalue weighted by Crippen LogP contribution is 2.33. The summed E-state index contributed by atoms with van der Waals surface area (Å²) in [5.41, 5.74) is 0.642. The number of halogens is 2. The van der Waals surface area contributed by atoms with Gasteiger partial charge in [-0.25, -0.2) is 8.42 Å². The van der Waals surface area contributed by atoms with E-state index >= 15 is 0 Å². The number of hydrogen-bond donors (Lipinski definition) is 0. The Balaban J connectivity index is 3.40. The van der Waals surface area contributed by atoms with Crippen molar-refractivity contribution >= 4 is 35.7 Å². The van der Waals surface area contributed by atoms with E-state index in [1.165, 1.54) is 6.07 Å². The molecule has 0 saturated heterocycles. The monoisotopic (exact) mass is 322 g/mol. The first-order valence-electron chi connectivity index (χ1n) is 4.17. The molecular formula is C10H8BrClO3S. The van der Waals surface area contributed by atoms with Gasteiger partial charge in [0.05, 0.1) is 0 Å². The lowest BCUT2D eigenvalue weighted by molar-refractivity contribution is 0.357. The molecular weight excluding hydrogens is 316 g/mol. The van der Waals surface area contributed by atoms with Crippen LogP contribution in [0.2, 0.25) is 0 Å². The second-order valence-corrected chi connectivity index (χ2v) is 6.43. The molecule has 86 valence electrons. The van der Waals surface area contributed by atoms with E-state index < -0.39 is 9.05 Å². The summed E-state index contributed by atoms with van der Waals surface area (Å²) in [5, 5.41) is 0. The summed E-state index contributed by atoms with van der Waals surface area (Å²) in [5.74, 6) is 2.46. The van der Waals surface area contributed by atoms with Crippen molar-refractivity contribution in [1.29, 1.82) is 0 Å². The van der Waals surface area contributed by atoms with Crippen LogP contribution in [-0.4, -0.2) is 15.0 Å². The third kappa shape index (κ3) is 3.14. The SMILES string of the molecule is C#CCOc1c(C)cc(Br)cc1S(=O)(=O)Cl. The van der Waals surface area contributed by atoms with Gasteiger partial charge in [-0.3, -0.25) is 0 Å². The molecule has 0 amide bonds. The van der Waals surface area contributed by atoms with Crippen LogP contribution in [0.25, 0.3) is 0 Å². The molecule has 0 bridgehead atoms. The van der Waals surface area contributed by atoms with E-state index in [9.17, 15) is 8.42 Å². The fraction of sp³-hybridized carbons (Fsp3) is 0.200. The fourth-order valence-corrected chi connectivity index (χ4v) is 2.96. The van der Waals surface area contributed by atoms with E-state index in [1.807, 2.05) is 0 Å². The van der Waals surface area contributed by atoms with Crippen LogP contribution >= 0.6 is 26.6 Å². The molecule has 0 atom stereocenters. The maximum absolute atomic E-state index is 11.3. The molecule has 0 aliphatic carbocycles. The summed E-state index contributed by atoms with van der Waals surface area (Å²) in [6.45, 7) is 1.70. The minimum atomic E-state index is -3.86. The van der Waals surface area contributed by atoms with Gasteiger partial charge in [-0.05, 0) is 24.6 Å². The van der Waals surface area contributed by atoms with Crippen molar-refractivity contribution in [2.45, 2.75) is 11.8 Å². The van der Waals surface area contributed by atoms with Crippen LogP contribution in [0, 0.1) is 19.3 Å². The molecule has 0 unspecified atom stereocenters. The van der Waals surface area contributed by atoms with Crippen molar-refractivity contribution in [3.8, 4) is 18.1 Å². The van der Waals surface area contributed by atoms with Gasteiger partial charge in [0, 0.05) is 15.2 Å². The average molecular weight is 324 g/mol. The normalized spacial score (nSPS) is 10.9. The Labute approximate surface area is 107 Å². The lowest BCUT2D eigenvalue weighted by atomic mass is 10.2. The highest BCUT2D eigenvalue weighted by Gasteiger charge is 2.19. The summed E-state index contributed by atoms with van der Waals surface area (Å²) >= 11 is 3.19. The van der Waals surface area contributed by atoms with Gasteiger partial charge >= 0.3 is 0 Å². The molecule has 6 heteroatoms. The minimum Gasteiger partial charge on any atom is -0.479 e. The van der Waals surface area contributed by atoms with Crippen LogP contribution < -0.4 is 4.74 Å². The molecule has 0 aliphatic heterocycles. The Bertz CT molecular complexity index is 546. The number of terminal acetylenes is 1. The van der Waals surface area contributed by atoms with Gasteiger partial charge < -0.3 is 4.74 Å². The number of rotatable bonds is 3. The zero-order valence-corrected chi connectivity index (χ0v) is 11.5. The minimum absolute atomic E-state index is 0.0120. The zero-order valence-electron chi connectivity index (χ0n) is 8.33. The molecule has 0 radical (unpaired) electrons. The Morgan fingerprint density at radius 1 is 1.56 bits per heavy atom. The summed E-state index contributed by atoms with van der Waals surface area (Å²) in [6, 6.07) is 3.10. The Kier molecular flexibility index (Phi) is 4.25. The van der Waals surface area contributed by atoms with Crippen LogP contribution in [0.1, 0.15) is 5.56 Å². The number of hydrogen-bond acceptors (Lipinski definition) is 3. The van der Waals surface area contributed by atoms with Crippen LogP contribution in [0.3, 0.4) is 0 Å². The van der Waals surface area contributed by atoms with E-state index in [0.717, 1.165) is 0 Å². The number of aryl methyl sites for hydroxylation is 1. The summed E-state index contributed by atoms with van der Waals surface area (Å²) in [6.07, 6.45) is 5.05. The molecule has 0 aromatic heterocycles. The molecule has 0 saturated carbocycles. The molecule has 0 heterocycles. The van der Waals surface area contributed by atoms with Crippen molar-refractivity contribution in [1.82, 2.24) is 0 Å². The standard InChI is InChI=1S/C10H8BrClO3S/c1-3-4-15-10-7(2)5-8(11)6-9(10)16(12,13)14/h1,5-6H,4H2,2H3. The van der Waals surface area contributed by atoms with E-state index in [-0.39, 0.29) is 17.3 Å². The van der Waals surface area contributed by atoms with Gasteiger partial charge in [0.2, 0.25) is 0 Å². The second kappa shape index (κ2) is 5.09. The maximum Gasteiger partial charge on any atom is 0.265 e. The molecule has 1 aromatic rings. The van der Waals surface area contributed by atoms with Crippen molar-refractivity contribution in [3.63, 3.8) is 0 Å². The predicted molar refractivity (Wildman–Crippen MR) is 66.2 cm³/mol. The van der Waals surface area contributed by atoms with Crippen molar-refractivity contribution in [2.24, 2.45) is 0 Å². The molecule has 16 heavy (non-hydrogen) atoms.